The summed E-state index contributed by atoms with van der Waals surface area (Å²) >= 11 is 5.59. The third-order valence-electron chi connectivity index (χ3n) is 2.14. The quantitative estimate of drug-likeness (QED) is 0.925. The van der Waals surface area contributed by atoms with E-state index in [1.165, 1.54) is 30.3 Å². The molecular weight excluding hydrogens is 263 g/mol. The largest absolute Gasteiger partial charge is 0.486 e. The minimum absolute atomic E-state index is 0.0369. The van der Waals surface area contributed by atoms with E-state index in [0.29, 0.717) is 11.5 Å². The van der Waals surface area contributed by atoms with E-state index in [0.717, 1.165) is 0 Å². The monoisotopic (exact) mass is 270 g/mol. The topological polar surface area (TPSA) is 59.7 Å². The van der Waals surface area contributed by atoms with Crippen molar-refractivity contribution in [2.45, 2.75) is 6.61 Å². The number of aromatic carboxylic acids is 1. The third kappa shape index (κ3) is 2.81. The Morgan fingerprint density at radius 3 is 2.78 bits per heavy atom. The lowest BCUT2D eigenvalue weighted by atomic mass is 10.3. The molecule has 2 rings (SSSR count). The molecule has 94 valence electrons. The fraction of sp³-hybridized carbons (Fsp3) is 0.0833. The Labute approximate surface area is 107 Å². The number of carboxylic acid groups (broad SMARTS) is 1. The van der Waals surface area contributed by atoms with Crippen LogP contribution in [0.2, 0.25) is 5.02 Å². The predicted octanol–water partition coefficient (Wildman–Crippen LogP) is 3.35. The first-order valence-corrected chi connectivity index (χ1v) is 5.34. The normalized spacial score (nSPS) is 10.3. The van der Waals surface area contributed by atoms with E-state index in [1.807, 2.05) is 0 Å². The number of halogens is 2. The molecule has 0 bridgehead atoms. The van der Waals surface area contributed by atoms with Crippen molar-refractivity contribution in [2.24, 2.45) is 0 Å². The molecule has 1 aromatic heterocycles. The Bertz CT molecular complexity index is 579. The first-order valence-electron chi connectivity index (χ1n) is 4.96. The Balaban J connectivity index is 2.02. The van der Waals surface area contributed by atoms with E-state index in [9.17, 15) is 9.18 Å². The maximum atomic E-state index is 12.9. The second-order valence-corrected chi connectivity index (χ2v) is 3.84. The fourth-order valence-electron chi connectivity index (χ4n) is 1.29. The number of hydrogen-bond donors (Lipinski definition) is 1. The smallest absolute Gasteiger partial charge is 0.371 e. The molecular formula is C12H8ClFO4. The highest BCUT2D eigenvalue weighted by atomic mass is 35.5. The molecule has 1 N–H and O–H groups in total. The van der Waals surface area contributed by atoms with Crippen LogP contribution in [-0.4, -0.2) is 11.1 Å². The van der Waals surface area contributed by atoms with Crippen LogP contribution in [0.25, 0.3) is 0 Å². The molecule has 6 heteroatoms. The number of carboxylic acids is 1. The minimum atomic E-state index is -1.15. The lowest BCUT2D eigenvalue weighted by Gasteiger charge is -2.04. The van der Waals surface area contributed by atoms with Crippen LogP contribution >= 0.6 is 11.6 Å². The van der Waals surface area contributed by atoms with Gasteiger partial charge in [-0.1, -0.05) is 11.6 Å². The highest BCUT2D eigenvalue weighted by Gasteiger charge is 2.09. The van der Waals surface area contributed by atoms with E-state index in [-0.39, 0.29) is 17.4 Å². The van der Waals surface area contributed by atoms with Crippen molar-refractivity contribution < 1.29 is 23.4 Å². The van der Waals surface area contributed by atoms with Gasteiger partial charge in [-0.2, -0.15) is 0 Å². The number of carbonyl (C=O) groups is 1. The molecule has 0 fully saturated rings. The van der Waals surface area contributed by atoms with Crippen LogP contribution in [0.15, 0.2) is 34.7 Å². The average Bonchev–Trinajstić information content (AvgIpc) is 2.79. The van der Waals surface area contributed by atoms with Crippen molar-refractivity contribution in [3.63, 3.8) is 0 Å². The average molecular weight is 271 g/mol. The van der Waals surface area contributed by atoms with Crippen molar-refractivity contribution in [2.75, 3.05) is 0 Å². The van der Waals surface area contributed by atoms with Gasteiger partial charge in [-0.25, -0.2) is 9.18 Å². The number of hydrogen-bond acceptors (Lipinski definition) is 3. The molecule has 0 unspecified atom stereocenters. The van der Waals surface area contributed by atoms with E-state index >= 15 is 0 Å². The van der Waals surface area contributed by atoms with E-state index in [4.69, 9.17) is 25.9 Å². The molecule has 4 nitrogen and oxygen atoms in total. The van der Waals surface area contributed by atoms with Gasteiger partial charge in [0.05, 0.1) is 5.02 Å². The number of ether oxygens (including phenoxy) is 1. The summed E-state index contributed by atoms with van der Waals surface area (Å²) in [7, 11) is 0. The third-order valence-corrected chi connectivity index (χ3v) is 2.43. The maximum Gasteiger partial charge on any atom is 0.371 e. The molecule has 0 radical (unpaired) electrons. The molecule has 0 aliphatic rings. The number of benzene rings is 1. The lowest BCUT2D eigenvalue weighted by Crippen LogP contribution is -1.95. The summed E-state index contributed by atoms with van der Waals surface area (Å²) in [6.45, 7) is 0.0369. The number of furan rings is 1. The van der Waals surface area contributed by atoms with Crippen molar-refractivity contribution >= 4 is 17.6 Å². The molecule has 0 amide bonds. The van der Waals surface area contributed by atoms with E-state index in [2.05, 4.69) is 0 Å². The molecule has 0 spiro atoms. The Kier molecular flexibility index (Phi) is 3.53. The van der Waals surface area contributed by atoms with Crippen LogP contribution < -0.4 is 4.74 Å². The van der Waals surface area contributed by atoms with Crippen LogP contribution in [0, 0.1) is 5.82 Å². The van der Waals surface area contributed by atoms with Crippen molar-refractivity contribution in [3.05, 3.63) is 52.7 Å². The second-order valence-electron chi connectivity index (χ2n) is 3.44. The minimum Gasteiger partial charge on any atom is -0.486 e. The van der Waals surface area contributed by atoms with E-state index < -0.39 is 11.8 Å². The highest BCUT2D eigenvalue weighted by molar-refractivity contribution is 6.30. The SMILES string of the molecule is O=C(O)c1ccc(COc2ccc(F)c(Cl)c2)o1. The van der Waals surface area contributed by atoms with Gasteiger partial charge >= 0.3 is 5.97 Å². The zero-order chi connectivity index (χ0) is 13.1. The summed E-state index contributed by atoms with van der Waals surface area (Å²) in [6.07, 6.45) is 0. The summed E-state index contributed by atoms with van der Waals surface area (Å²) in [6, 6.07) is 6.76. The lowest BCUT2D eigenvalue weighted by molar-refractivity contribution is 0.0658. The summed E-state index contributed by atoms with van der Waals surface area (Å²) in [5.74, 6) is -1.12. The van der Waals surface area contributed by atoms with Gasteiger partial charge < -0.3 is 14.3 Å². The Morgan fingerprint density at radius 2 is 2.17 bits per heavy atom. The van der Waals surface area contributed by atoms with Crippen LogP contribution in [0.4, 0.5) is 4.39 Å². The Hall–Kier alpha value is -2.01. The molecule has 18 heavy (non-hydrogen) atoms. The zero-order valence-electron chi connectivity index (χ0n) is 9.02. The van der Waals surface area contributed by atoms with Crippen LogP contribution in [0.3, 0.4) is 0 Å². The fourth-order valence-corrected chi connectivity index (χ4v) is 1.46. The first-order chi connectivity index (χ1) is 8.56. The van der Waals surface area contributed by atoms with Gasteiger partial charge in [0.2, 0.25) is 5.76 Å². The molecule has 0 aliphatic heterocycles. The standard InChI is InChI=1S/C12H8ClFO4/c13-9-5-7(1-3-10(9)14)17-6-8-2-4-11(18-8)12(15)16/h1-5H,6H2,(H,15,16). The predicted molar refractivity (Wildman–Crippen MR) is 61.4 cm³/mol. The molecule has 1 heterocycles. The zero-order valence-corrected chi connectivity index (χ0v) is 9.78. The van der Waals surface area contributed by atoms with Crippen molar-refractivity contribution in [3.8, 4) is 5.75 Å². The van der Waals surface area contributed by atoms with Gasteiger partial charge in [0.1, 0.15) is 23.9 Å². The molecule has 0 atom stereocenters. The van der Waals surface area contributed by atoms with Gasteiger partial charge in [0.25, 0.3) is 0 Å². The van der Waals surface area contributed by atoms with Crippen molar-refractivity contribution in [1.82, 2.24) is 0 Å². The summed E-state index contributed by atoms with van der Waals surface area (Å²) in [4.78, 5) is 10.6. The molecule has 0 aliphatic carbocycles. The second kappa shape index (κ2) is 5.10. The van der Waals surface area contributed by atoms with Gasteiger partial charge in [-0.15, -0.1) is 0 Å². The van der Waals surface area contributed by atoms with Crippen LogP contribution in [0.1, 0.15) is 16.3 Å². The summed E-state index contributed by atoms with van der Waals surface area (Å²) < 4.78 is 23.2. The van der Waals surface area contributed by atoms with Gasteiger partial charge in [-0.05, 0) is 24.3 Å². The molecule has 0 saturated heterocycles. The molecule has 1 aromatic carbocycles. The van der Waals surface area contributed by atoms with Gasteiger partial charge in [0, 0.05) is 6.07 Å². The van der Waals surface area contributed by atoms with Crippen molar-refractivity contribution in [1.29, 1.82) is 0 Å². The van der Waals surface area contributed by atoms with Gasteiger partial charge in [-0.3, -0.25) is 0 Å². The van der Waals surface area contributed by atoms with E-state index in [1.54, 1.807) is 0 Å². The number of rotatable bonds is 4. The summed E-state index contributed by atoms with van der Waals surface area (Å²) in [5, 5.41) is 8.61. The highest BCUT2D eigenvalue weighted by Crippen LogP contribution is 2.22. The van der Waals surface area contributed by atoms with Gasteiger partial charge in [0.15, 0.2) is 0 Å². The first kappa shape index (κ1) is 12.4. The molecule has 2 aromatic rings. The van der Waals surface area contributed by atoms with Crippen LogP contribution in [0.5, 0.6) is 5.75 Å². The maximum absolute atomic E-state index is 12.9. The van der Waals surface area contributed by atoms with Crippen LogP contribution in [-0.2, 0) is 6.61 Å². The molecule has 0 saturated carbocycles. The Morgan fingerprint density at radius 1 is 1.39 bits per heavy atom. The summed E-state index contributed by atoms with van der Waals surface area (Å²) in [5.41, 5.74) is 0.